The maximum Gasteiger partial charge on any atom is 0.275 e. The third-order valence-corrected chi connectivity index (χ3v) is 4.71. The molecule has 0 aliphatic carbocycles. The molecule has 1 fully saturated rings. The molecule has 0 bridgehead atoms. The molecule has 0 N–H and O–H groups in total. The van der Waals surface area contributed by atoms with Gasteiger partial charge >= 0.3 is 0 Å². The molecular formula is C21H22N4O4. The van der Waals surface area contributed by atoms with Crippen molar-refractivity contribution in [1.29, 1.82) is 0 Å². The molecule has 1 aliphatic rings. The highest BCUT2D eigenvalue weighted by Gasteiger charge is 2.25. The summed E-state index contributed by atoms with van der Waals surface area (Å²) in [5.74, 6) is 2.49. The molecule has 1 saturated heterocycles. The molecule has 4 rings (SSSR count). The Bertz CT molecular complexity index is 952. The van der Waals surface area contributed by atoms with Gasteiger partial charge in [-0.1, -0.05) is 12.1 Å². The SMILES string of the molecule is COc1cccc(OCc2nc(C(=O)N3CCN(c4ccccn4)CC3)co2)c1. The minimum Gasteiger partial charge on any atom is -0.497 e. The number of methoxy groups -OCH3 is 1. The summed E-state index contributed by atoms with van der Waals surface area (Å²) in [5.41, 5.74) is 0.292. The summed E-state index contributed by atoms with van der Waals surface area (Å²) in [6.45, 7) is 2.81. The smallest absolute Gasteiger partial charge is 0.275 e. The minimum atomic E-state index is -0.137. The molecule has 0 saturated carbocycles. The van der Waals surface area contributed by atoms with E-state index < -0.39 is 0 Å². The zero-order valence-electron chi connectivity index (χ0n) is 16.2. The van der Waals surface area contributed by atoms with Gasteiger partial charge in [-0.3, -0.25) is 4.79 Å². The van der Waals surface area contributed by atoms with Gasteiger partial charge in [-0.2, -0.15) is 0 Å². The van der Waals surface area contributed by atoms with E-state index in [9.17, 15) is 4.79 Å². The summed E-state index contributed by atoms with van der Waals surface area (Å²) in [6, 6.07) is 13.1. The highest BCUT2D eigenvalue weighted by atomic mass is 16.5. The van der Waals surface area contributed by atoms with Crippen LogP contribution in [-0.4, -0.2) is 54.1 Å². The quantitative estimate of drug-likeness (QED) is 0.636. The predicted octanol–water partition coefficient (Wildman–Crippen LogP) is 2.62. The molecule has 0 spiro atoms. The van der Waals surface area contributed by atoms with Crippen LogP contribution in [0.15, 0.2) is 59.3 Å². The normalized spacial score (nSPS) is 14.0. The van der Waals surface area contributed by atoms with E-state index >= 15 is 0 Å². The van der Waals surface area contributed by atoms with Crippen LogP contribution in [0.25, 0.3) is 0 Å². The number of nitrogens with zero attached hydrogens (tertiary/aromatic N) is 4. The summed E-state index contributed by atoms with van der Waals surface area (Å²) < 4.78 is 16.2. The third kappa shape index (κ3) is 4.48. The second-order valence-electron chi connectivity index (χ2n) is 6.56. The number of anilines is 1. The molecule has 8 heteroatoms. The maximum absolute atomic E-state index is 12.7. The van der Waals surface area contributed by atoms with E-state index in [1.165, 1.54) is 6.26 Å². The number of carbonyl (C=O) groups is 1. The second kappa shape index (κ2) is 8.64. The van der Waals surface area contributed by atoms with E-state index in [1.54, 1.807) is 24.3 Å². The van der Waals surface area contributed by atoms with E-state index in [0.717, 1.165) is 18.9 Å². The largest absolute Gasteiger partial charge is 0.497 e. The van der Waals surface area contributed by atoms with Gasteiger partial charge < -0.3 is 23.7 Å². The van der Waals surface area contributed by atoms with Crippen LogP contribution in [0.1, 0.15) is 16.4 Å². The van der Waals surface area contributed by atoms with Crippen molar-refractivity contribution in [3.8, 4) is 11.5 Å². The number of oxazole rings is 1. The lowest BCUT2D eigenvalue weighted by atomic mass is 10.2. The van der Waals surface area contributed by atoms with Crippen LogP contribution in [0.5, 0.6) is 11.5 Å². The Labute approximate surface area is 168 Å². The Morgan fingerprint density at radius 1 is 1.10 bits per heavy atom. The first-order valence-electron chi connectivity index (χ1n) is 9.39. The topological polar surface area (TPSA) is 80.9 Å². The molecule has 1 amide bonds. The summed E-state index contributed by atoms with van der Waals surface area (Å²) in [5, 5.41) is 0. The zero-order valence-corrected chi connectivity index (χ0v) is 16.2. The van der Waals surface area contributed by atoms with Gasteiger partial charge in [0.2, 0.25) is 5.89 Å². The molecule has 2 aromatic heterocycles. The first kappa shape index (κ1) is 18.8. The molecule has 0 radical (unpaired) electrons. The number of amides is 1. The van der Waals surface area contributed by atoms with E-state index in [1.807, 2.05) is 36.4 Å². The van der Waals surface area contributed by atoms with Gasteiger partial charge in [0.05, 0.1) is 7.11 Å². The van der Waals surface area contributed by atoms with E-state index in [0.29, 0.717) is 36.2 Å². The van der Waals surface area contributed by atoms with Crippen LogP contribution in [-0.2, 0) is 6.61 Å². The molecule has 8 nitrogen and oxygen atoms in total. The monoisotopic (exact) mass is 394 g/mol. The fourth-order valence-electron chi connectivity index (χ4n) is 3.15. The number of aromatic nitrogens is 2. The highest BCUT2D eigenvalue weighted by Crippen LogP contribution is 2.20. The average molecular weight is 394 g/mol. The Morgan fingerprint density at radius 3 is 2.69 bits per heavy atom. The highest BCUT2D eigenvalue weighted by molar-refractivity contribution is 5.92. The van der Waals surface area contributed by atoms with Crippen LogP contribution in [0.4, 0.5) is 5.82 Å². The zero-order chi connectivity index (χ0) is 20.1. The van der Waals surface area contributed by atoms with Crippen molar-refractivity contribution in [2.75, 3.05) is 38.2 Å². The van der Waals surface area contributed by atoms with Gasteiger partial charge in [0.1, 0.15) is 23.6 Å². The van der Waals surface area contributed by atoms with Crippen molar-refractivity contribution in [1.82, 2.24) is 14.9 Å². The van der Waals surface area contributed by atoms with Gasteiger partial charge in [-0.05, 0) is 24.3 Å². The lowest BCUT2D eigenvalue weighted by molar-refractivity contribution is 0.0740. The molecule has 1 aromatic carbocycles. The van der Waals surface area contributed by atoms with Crippen molar-refractivity contribution in [3.05, 3.63) is 66.5 Å². The van der Waals surface area contributed by atoms with Crippen molar-refractivity contribution in [3.63, 3.8) is 0 Å². The first-order valence-corrected chi connectivity index (χ1v) is 9.39. The number of rotatable bonds is 6. The van der Waals surface area contributed by atoms with Crippen molar-refractivity contribution >= 4 is 11.7 Å². The van der Waals surface area contributed by atoms with Gasteiger partial charge in [-0.25, -0.2) is 9.97 Å². The van der Waals surface area contributed by atoms with Crippen LogP contribution in [0.3, 0.4) is 0 Å². The van der Waals surface area contributed by atoms with Gasteiger partial charge in [0.15, 0.2) is 12.3 Å². The Kier molecular flexibility index (Phi) is 5.60. The van der Waals surface area contributed by atoms with Crippen LogP contribution in [0.2, 0.25) is 0 Å². The van der Waals surface area contributed by atoms with E-state index in [4.69, 9.17) is 13.9 Å². The van der Waals surface area contributed by atoms with E-state index in [-0.39, 0.29) is 12.5 Å². The Balaban J connectivity index is 1.31. The molecule has 1 aliphatic heterocycles. The summed E-state index contributed by atoms with van der Waals surface area (Å²) in [6.07, 6.45) is 3.16. The molecule has 3 aromatic rings. The Morgan fingerprint density at radius 2 is 1.93 bits per heavy atom. The molecule has 0 atom stereocenters. The maximum atomic E-state index is 12.7. The minimum absolute atomic E-state index is 0.133. The number of hydrogen-bond acceptors (Lipinski definition) is 7. The van der Waals surface area contributed by atoms with Gasteiger partial charge in [-0.15, -0.1) is 0 Å². The van der Waals surface area contributed by atoms with Crippen molar-refractivity contribution in [2.45, 2.75) is 6.61 Å². The number of ether oxygens (including phenoxy) is 2. The number of benzene rings is 1. The van der Waals surface area contributed by atoms with Crippen LogP contribution >= 0.6 is 0 Å². The lowest BCUT2D eigenvalue weighted by Gasteiger charge is -2.35. The standard InChI is InChI=1S/C21H22N4O4/c1-27-16-5-4-6-17(13-16)28-15-20-23-18(14-29-20)21(26)25-11-9-24(10-12-25)19-7-2-3-8-22-19/h2-8,13-14H,9-12,15H2,1H3. The molecule has 29 heavy (non-hydrogen) atoms. The first-order chi connectivity index (χ1) is 14.2. The van der Waals surface area contributed by atoms with Crippen molar-refractivity contribution < 1.29 is 18.7 Å². The molecule has 3 heterocycles. The van der Waals surface area contributed by atoms with Gasteiger partial charge in [0, 0.05) is 38.4 Å². The predicted molar refractivity (Wildman–Crippen MR) is 106 cm³/mol. The number of carbonyl (C=O) groups excluding carboxylic acids is 1. The molecule has 0 unspecified atom stereocenters. The second-order valence-corrected chi connectivity index (χ2v) is 6.56. The molecular weight excluding hydrogens is 372 g/mol. The number of hydrogen-bond donors (Lipinski definition) is 0. The fourth-order valence-corrected chi connectivity index (χ4v) is 3.15. The summed E-state index contributed by atoms with van der Waals surface area (Å²) >= 11 is 0. The summed E-state index contributed by atoms with van der Waals surface area (Å²) in [7, 11) is 1.60. The Hall–Kier alpha value is -3.55. The third-order valence-electron chi connectivity index (χ3n) is 4.71. The van der Waals surface area contributed by atoms with Gasteiger partial charge in [0.25, 0.3) is 5.91 Å². The fraction of sp³-hybridized carbons (Fsp3) is 0.286. The van der Waals surface area contributed by atoms with Crippen LogP contribution in [0, 0.1) is 0 Å². The number of piperazine rings is 1. The molecule has 150 valence electrons. The number of pyridine rings is 1. The lowest BCUT2D eigenvalue weighted by Crippen LogP contribution is -2.49. The van der Waals surface area contributed by atoms with Crippen LogP contribution < -0.4 is 14.4 Å². The van der Waals surface area contributed by atoms with E-state index in [2.05, 4.69) is 14.9 Å². The summed E-state index contributed by atoms with van der Waals surface area (Å²) in [4.78, 5) is 25.3. The average Bonchev–Trinajstić information content (AvgIpc) is 3.27. The van der Waals surface area contributed by atoms with Crippen molar-refractivity contribution in [2.24, 2.45) is 0 Å².